The summed E-state index contributed by atoms with van der Waals surface area (Å²) in [6, 6.07) is 4.36. The predicted molar refractivity (Wildman–Crippen MR) is 86.3 cm³/mol. The maximum Gasteiger partial charge on any atom is 0.243 e. The molecule has 21 heavy (non-hydrogen) atoms. The fraction of sp³-hybridized carbons (Fsp3) is 0.462. The van der Waals surface area contributed by atoms with Crippen LogP contribution in [0, 0.1) is 0 Å². The van der Waals surface area contributed by atoms with Crippen molar-refractivity contribution < 1.29 is 13.2 Å². The number of nitrogen functional groups attached to an aromatic ring is 1. The Morgan fingerprint density at radius 2 is 1.95 bits per heavy atom. The molecule has 0 heterocycles. The Morgan fingerprint density at radius 1 is 1.38 bits per heavy atom. The molecule has 1 rings (SSSR count). The van der Waals surface area contributed by atoms with Gasteiger partial charge in [-0.25, -0.2) is 8.42 Å². The number of amides is 1. The first kappa shape index (κ1) is 17.9. The summed E-state index contributed by atoms with van der Waals surface area (Å²) in [6.45, 7) is 5.23. The van der Waals surface area contributed by atoms with Gasteiger partial charge in [0.2, 0.25) is 15.9 Å². The van der Waals surface area contributed by atoms with Crippen molar-refractivity contribution in [1.29, 1.82) is 0 Å². The van der Waals surface area contributed by atoms with E-state index >= 15 is 0 Å². The second kappa shape index (κ2) is 6.33. The Hall–Kier alpha value is -1.12. The number of halogens is 1. The van der Waals surface area contributed by atoms with Gasteiger partial charge in [-0.15, -0.1) is 0 Å². The molecule has 0 unspecified atom stereocenters. The number of anilines is 1. The van der Waals surface area contributed by atoms with Gasteiger partial charge in [0.25, 0.3) is 0 Å². The van der Waals surface area contributed by atoms with Crippen molar-refractivity contribution in [1.82, 2.24) is 9.62 Å². The van der Waals surface area contributed by atoms with Gasteiger partial charge in [-0.2, -0.15) is 4.31 Å². The van der Waals surface area contributed by atoms with Crippen LogP contribution in [0.25, 0.3) is 0 Å². The van der Waals surface area contributed by atoms with Crippen molar-refractivity contribution in [2.45, 2.75) is 31.2 Å². The molecular weight excluding hydrogens is 358 g/mol. The molecule has 118 valence electrons. The lowest BCUT2D eigenvalue weighted by Crippen LogP contribution is -2.46. The molecule has 0 spiro atoms. The molecule has 0 radical (unpaired) electrons. The molecule has 0 aliphatic heterocycles. The van der Waals surface area contributed by atoms with Gasteiger partial charge in [0.1, 0.15) is 0 Å². The summed E-state index contributed by atoms with van der Waals surface area (Å²) in [6.07, 6.45) is 0. The largest absolute Gasteiger partial charge is 0.398 e. The minimum absolute atomic E-state index is 0.0502. The zero-order chi connectivity index (χ0) is 16.4. The molecule has 1 aromatic carbocycles. The van der Waals surface area contributed by atoms with E-state index in [1.807, 2.05) is 20.8 Å². The number of nitrogens with one attached hydrogen (secondary N) is 1. The van der Waals surface area contributed by atoms with Crippen LogP contribution in [0.4, 0.5) is 5.69 Å². The second-order valence-electron chi connectivity index (χ2n) is 5.74. The molecule has 0 aliphatic carbocycles. The summed E-state index contributed by atoms with van der Waals surface area (Å²) in [5, 5.41) is 2.72. The molecule has 0 aromatic heterocycles. The molecule has 6 nitrogen and oxygen atoms in total. The number of sulfonamides is 1. The maximum absolute atomic E-state index is 12.4. The Kier molecular flexibility index (Phi) is 5.40. The van der Waals surface area contributed by atoms with Crippen molar-refractivity contribution in [3.8, 4) is 0 Å². The highest BCUT2D eigenvalue weighted by Gasteiger charge is 2.25. The number of hydrogen-bond donors (Lipinski definition) is 2. The lowest BCUT2D eigenvalue weighted by Gasteiger charge is -2.23. The molecule has 0 bridgehead atoms. The topological polar surface area (TPSA) is 92.5 Å². The summed E-state index contributed by atoms with van der Waals surface area (Å²) in [5.74, 6) is -0.362. The number of hydrogen-bond acceptors (Lipinski definition) is 4. The number of benzene rings is 1. The molecule has 1 aromatic rings. The van der Waals surface area contributed by atoms with Crippen LogP contribution in [0.2, 0.25) is 0 Å². The minimum atomic E-state index is -3.76. The number of nitrogens with zero attached hydrogens (tertiary/aromatic N) is 1. The summed E-state index contributed by atoms with van der Waals surface area (Å²) >= 11 is 3.21. The summed E-state index contributed by atoms with van der Waals surface area (Å²) in [7, 11) is -2.40. The average Bonchev–Trinajstić information content (AvgIpc) is 2.29. The monoisotopic (exact) mass is 377 g/mol. The highest BCUT2D eigenvalue weighted by atomic mass is 79.9. The van der Waals surface area contributed by atoms with Gasteiger partial charge < -0.3 is 11.1 Å². The molecule has 1 amide bonds. The van der Waals surface area contributed by atoms with Crippen molar-refractivity contribution in [3.05, 3.63) is 22.7 Å². The number of likely N-dealkylation sites (N-methyl/N-ethyl adjacent to an activating group) is 1. The van der Waals surface area contributed by atoms with E-state index in [0.717, 1.165) is 4.31 Å². The van der Waals surface area contributed by atoms with Crippen LogP contribution in [0.1, 0.15) is 20.8 Å². The lowest BCUT2D eigenvalue weighted by molar-refractivity contribution is -0.122. The summed E-state index contributed by atoms with van der Waals surface area (Å²) < 4.78 is 26.4. The van der Waals surface area contributed by atoms with E-state index in [0.29, 0.717) is 10.2 Å². The smallest absolute Gasteiger partial charge is 0.243 e. The Balaban J connectivity index is 2.92. The van der Waals surface area contributed by atoms with E-state index in [4.69, 9.17) is 5.73 Å². The Bertz CT molecular complexity index is 639. The van der Waals surface area contributed by atoms with Gasteiger partial charge in [-0.1, -0.05) is 0 Å². The first-order valence-electron chi connectivity index (χ1n) is 6.26. The standard InChI is InChI=1S/C13H20BrN3O3S/c1-13(2,3)16-12(18)8-17(4)21(19,20)9-5-6-10(14)11(15)7-9/h5-7H,8,15H2,1-4H3,(H,16,18). The fourth-order valence-corrected chi connectivity index (χ4v) is 3.02. The van der Waals surface area contributed by atoms with Gasteiger partial charge in [0.05, 0.1) is 11.4 Å². The molecule has 0 atom stereocenters. The van der Waals surface area contributed by atoms with Crippen molar-refractivity contribution in [2.24, 2.45) is 0 Å². The van der Waals surface area contributed by atoms with Crippen LogP contribution < -0.4 is 11.1 Å². The zero-order valence-corrected chi connectivity index (χ0v) is 14.9. The van der Waals surface area contributed by atoms with Crippen LogP contribution in [0.5, 0.6) is 0 Å². The van der Waals surface area contributed by atoms with Crippen LogP contribution in [0.3, 0.4) is 0 Å². The van der Waals surface area contributed by atoms with Crippen molar-refractivity contribution in [2.75, 3.05) is 19.3 Å². The molecule has 0 fully saturated rings. The number of carbonyl (C=O) groups excluding carboxylic acids is 1. The molecule has 0 saturated carbocycles. The van der Waals surface area contributed by atoms with Gasteiger partial charge in [-0.3, -0.25) is 4.79 Å². The first-order chi connectivity index (χ1) is 9.43. The number of rotatable bonds is 4. The van der Waals surface area contributed by atoms with Crippen LogP contribution in [-0.4, -0.2) is 37.8 Å². The summed E-state index contributed by atoms with van der Waals surface area (Å²) in [5.41, 5.74) is 5.60. The lowest BCUT2D eigenvalue weighted by atomic mass is 10.1. The quantitative estimate of drug-likeness (QED) is 0.778. The molecule has 0 aliphatic rings. The van der Waals surface area contributed by atoms with E-state index in [1.165, 1.54) is 19.2 Å². The Labute approximate surface area is 133 Å². The minimum Gasteiger partial charge on any atom is -0.398 e. The second-order valence-corrected chi connectivity index (χ2v) is 8.64. The van der Waals surface area contributed by atoms with Gasteiger partial charge in [0, 0.05) is 22.7 Å². The third-order valence-electron chi connectivity index (χ3n) is 2.56. The summed E-state index contributed by atoms with van der Waals surface area (Å²) in [4.78, 5) is 11.9. The highest BCUT2D eigenvalue weighted by Crippen LogP contribution is 2.24. The molecule has 0 saturated heterocycles. The van der Waals surface area contributed by atoms with Crippen molar-refractivity contribution >= 4 is 37.5 Å². The maximum atomic E-state index is 12.4. The SMILES string of the molecule is CN(CC(=O)NC(C)(C)C)S(=O)(=O)c1ccc(Br)c(N)c1. The van der Waals surface area contributed by atoms with Crippen LogP contribution >= 0.6 is 15.9 Å². The highest BCUT2D eigenvalue weighted by molar-refractivity contribution is 9.10. The third kappa shape index (κ3) is 4.98. The van der Waals surface area contributed by atoms with E-state index in [1.54, 1.807) is 6.07 Å². The van der Waals surface area contributed by atoms with Gasteiger partial charge in [0.15, 0.2) is 0 Å². The zero-order valence-electron chi connectivity index (χ0n) is 12.5. The van der Waals surface area contributed by atoms with E-state index in [2.05, 4.69) is 21.2 Å². The number of carbonyl (C=O) groups is 1. The van der Waals surface area contributed by atoms with E-state index in [-0.39, 0.29) is 17.3 Å². The van der Waals surface area contributed by atoms with Crippen LogP contribution in [-0.2, 0) is 14.8 Å². The van der Waals surface area contributed by atoms with Gasteiger partial charge >= 0.3 is 0 Å². The number of nitrogens with two attached hydrogens (primary N) is 1. The average molecular weight is 378 g/mol. The van der Waals surface area contributed by atoms with Gasteiger partial charge in [-0.05, 0) is 54.9 Å². The van der Waals surface area contributed by atoms with Crippen LogP contribution in [0.15, 0.2) is 27.6 Å². The Morgan fingerprint density at radius 3 is 2.43 bits per heavy atom. The molecular formula is C13H20BrN3O3S. The van der Waals surface area contributed by atoms with E-state index in [9.17, 15) is 13.2 Å². The first-order valence-corrected chi connectivity index (χ1v) is 8.49. The van der Waals surface area contributed by atoms with E-state index < -0.39 is 15.6 Å². The predicted octanol–water partition coefficient (Wildman–Crippen LogP) is 1.57. The fourth-order valence-electron chi connectivity index (χ4n) is 1.61. The molecule has 3 N–H and O–H groups in total. The molecule has 8 heteroatoms. The van der Waals surface area contributed by atoms with Crippen molar-refractivity contribution in [3.63, 3.8) is 0 Å². The normalized spacial score (nSPS) is 12.5. The third-order valence-corrected chi connectivity index (χ3v) is 5.08.